The van der Waals surface area contributed by atoms with Gasteiger partial charge in [-0.2, -0.15) is 0 Å². The van der Waals surface area contributed by atoms with Gasteiger partial charge in [0.2, 0.25) is 0 Å². The smallest absolute Gasteiger partial charge is 0.272 e. The molecule has 2 heterocycles. The Morgan fingerprint density at radius 2 is 2.13 bits per heavy atom. The first kappa shape index (κ1) is 16.2. The van der Waals surface area contributed by atoms with E-state index < -0.39 is 0 Å². The molecule has 1 aliphatic heterocycles. The molecular formula is C18H27N3O2. The van der Waals surface area contributed by atoms with E-state index in [9.17, 15) is 4.79 Å². The van der Waals surface area contributed by atoms with Crippen molar-refractivity contribution < 1.29 is 9.53 Å². The van der Waals surface area contributed by atoms with Crippen molar-refractivity contribution in [3.05, 3.63) is 24.0 Å². The number of aromatic nitrogens is 1. The molecule has 1 aromatic heterocycles. The van der Waals surface area contributed by atoms with Gasteiger partial charge in [0.15, 0.2) is 5.69 Å². The van der Waals surface area contributed by atoms with Crippen molar-refractivity contribution in [1.82, 2.24) is 10.3 Å². The molecule has 1 unspecified atom stereocenters. The van der Waals surface area contributed by atoms with Crippen LogP contribution in [0.5, 0.6) is 0 Å². The third kappa shape index (κ3) is 3.66. The van der Waals surface area contributed by atoms with Gasteiger partial charge in [0.05, 0.1) is 11.3 Å². The van der Waals surface area contributed by atoms with E-state index in [0.717, 1.165) is 38.0 Å². The van der Waals surface area contributed by atoms with Crippen molar-refractivity contribution in [3.63, 3.8) is 0 Å². The molecule has 2 aliphatic rings. The lowest BCUT2D eigenvalue weighted by Crippen LogP contribution is -2.49. The number of hydrogen-bond acceptors (Lipinski definition) is 4. The van der Waals surface area contributed by atoms with Gasteiger partial charge in [-0.05, 0) is 37.8 Å². The fourth-order valence-electron chi connectivity index (χ4n) is 3.88. The zero-order valence-corrected chi connectivity index (χ0v) is 14.2. The van der Waals surface area contributed by atoms with Crippen LogP contribution in [0.1, 0.15) is 55.4 Å². The van der Waals surface area contributed by atoms with Gasteiger partial charge in [-0.25, -0.2) is 4.98 Å². The second-order valence-corrected chi connectivity index (χ2v) is 7.02. The molecule has 0 radical (unpaired) electrons. The van der Waals surface area contributed by atoms with Crippen LogP contribution in [0.25, 0.3) is 0 Å². The predicted octanol–water partition coefficient (Wildman–Crippen LogP) is 2.76. The summed E-state index contributed by atoms with van der Waals surface area (Å²) in [5, 5.41) is 3.19. The Balaban J connectivity index is 1.68. The number of carbonyl (C=O) groups excluding carboxylic acids is 1. The van der Waals surface area contributed by atoms with Crippen LogP contribution in [0.15, 0.2) is 18.3 Å². The number of nitrogens with zero attached hydrogens (tertiary/aromatic N) is 2. The van der Waals surface area contributed by atoms with E-state index in [2.05, 4.69) is 10.3 Å². The SMILES string of the molecule is CN(C)c1cccnc1C(=O)NC1CCOC2(CCCCC2)C1. The summed E-state index contributed by atoms with van der Waals surface area (Å²) in [5.74, 6) is -0.0767. The molecular weight excluding hydrogens is 290 g/mol. The van der Waals surface area contributed by atoms with Crippen molar-refractivity contribution in [1.29, 1.82) is 0 Å². The van der Waals surface area contributed by atoms with Crippen molar-refractivity contribution in [3.8, 4) is 0 Å². The second kappa shape index (κ2) is 6.87. The number of anilines is 1. The molecule has 1 saturated heterocycles. The van der Waals surface area contributed by atoms with E-state index in [1.54, 1.807) is 6.20 Å². The molecule has 0 bridgehead atoms. The number of nitrogens with one attached hydrogen (secondary N) is 1. The maximum atomic E-state index is 12.7. The average molecular weight is 317 g/mol. The maximum absolute atomic E-state index is 12.7. The minimum atomic E-state index is -0.0767. The molecule has 0 aromatic carbocycles. The molecule has 2 fully saturated rings. The zero-order valence-electron chi connectivity index (χ0n) is 14.2. The van der Waals surface area contributed by atoms with Gasteiger partial charge in [0, 0.05) is 32.9 Å². The van der Waals surface area contributed by atoms with E-state index in [1.807, 2.05) is 31.1 Å². The molecule has 1 N–H and O–H groups in total. The zero-order chi connectivity index (χ0) is 16.3. The molecule has 126 valence electrons. The van der Waals surface area contributed by atoms with Gasteiger partial charge in [-0.3, -0.25) is 4.79 Å². The lowest BCUT2D eigenvalue weighted by molar-refractivity contribution is -0.107. The fraction of sp³-hybridized carbons (Fsp3) is 0.667. The van der Waals surface area contributed by atoms with Gasteiger partial charge >= 0.3 is 0 Å². The molecule has 1 saturated carbocycles. The topological polar surface area (TPSA) is 54.5 Å². The fourth-order valence-corrected chi connectivity index (χ4v) is 3.88. The first-order valence-corrected chi connectivity index (χ1v) is 8.67. The summed E-state index contributed by atoms with van der Waals surface area (Å²) in [6, 6.07) is 3.97. The molecule has 5 nitrogen and oxygen atoms in total. The third-order valence-electron chi connectivity index (χ3n) is 5.08. The number of pyridine rings is 1. The Hall–Kier alpha value is -1.62. The summed E-state index contributed by atoms with van der Waals surface area (Å²) in [4.78, 5) is 18.9. The highest BCUT2D eigenvalue weighted by molar-refractivity contribution is 5.97. The molecule has 1 spiro atoms. The Morgan fingerprint density at radius 1 is 1.35 bits per heavy atom. The van der Waals surface area contributed by atoms with Crippen LogP contribution >= 0.6 is 0 Å². The third-order valence-corrected chi connectivity index (χ3v) is 5.08. The van der Waals surface area contributed by atoms with E-state index in [-0.39, 0.29) is 17.6 Å². The highest BCUT2D eigenvalue weighted by Crippen LogP contribution is 2.38. The van der Waals surface area contributed by atoms with Crippen molar-refractivity contribution >= 4 is 11.6 Å². The van der Waals surface area contributed by atoms with Crippen molar-refractivity contribution in [2.75, 3.05) is 25.6 Å². The van der Waals surface area contributed by atoms with Gasteiger partial charge in [0.25, 0.3) is 5.91 Å². The lowest BCUT2D eigenvalue weighted by atomic mass is 9.78. The first-order valence-electron chi connectivity index (χ1n) is 8.67. The largest absolute Gasteiger partial charge is 0.376 e. The normalized spacial score (nSPS) is 23.5. The molecule has 1 atom stereocenters. The number of ether oxygens (including phenoxy) is 1. The standard InChI is InChI=1S/C18H27N3O2/c1-21(2)15-7-6-11-19-16(15)17(22)20-14-8-12-23-18(13-14)9-4-3-5-10-18/h6-7,11,14H,3-5,8-10,12-13H2,1-2H3,(H,20,22). The average Bonchev–Trinajstić information content (AvgIpc) is 2.55. The molecule has 5 heteroatoms. The van der Waals surface area contributed by atoms with Crippen LogP contribution in [0.2, 0.25) is 0 Å². The number of rotatable bonds is 3. The predicted molar refractivity (Wildman–Crippen MR) is 90.8 cm³/mol. The van der Waals surface area contributed by atoms with Gasteiger partial charge in [-0.1, -0.05) is 19.3 Å². The first-order chi connectivity index (χ1) is 11.1. The minimum Gasteiger partial charge on any atom is -0.376 e. The maximum Gasteiger partial charge on any atom is 0.272 e. The van der Waals surface area contributed by atoms with Gasteiger partial charge in [-0.15, -0.1) is 0 Å². The Morgan fingerprint density at radius 3 is 2.87 bits per heavy atom. The molecule has 3 rings (SSSR count). The monoisotopic (exact) mass is 317 g/mol. The summed E-state index contributed by atoms with van der Waals surface area (Å²) in [7, 11) is 3.86. The Kier molecular flexibility index (Phi) is 4.85. The van der Waals surface area contributed by atoms with Gasteiger partial charge in [0.1, 0.15) is 0 Å². The summed E-state index contributed by atoms with van der Waals surface area (Å²) >= 11 is 0. The van der Waals surface area contributed by atoms with Crippen molar-refractivity contribution in [2.45, 2.75) is 56.6 Å². The van der Waals surface area contributed by atoms with Crippen LogP contribution in [-0.2, 0) is 4.74 Å². The van der Waals surface area contributed by atoms with Crippen LogP contribution in [0.4, 0.5) is 5.69 Å². The quantitative estimate of drug-likeness (QED) is 0.931. The number of hydrogen-bond donors (Lipinski definition) is 1. The lowest BCUT2D eigenvalue weighted by Gasteiger charge is -2.43. The molecule has 23 heavy (non-hydrogen) atoms. The second-order valence-electron chi connectivity index (χ2n) is 7.02. The van der Waals surface area contributed by atoms with Crippen LogP contribution in [-0.4, -0.2) is 43.2 Å². The van der Waals surface area contributed by atoms with Crippen LogP contribution < -0.4 is 10.2 Å². The molecule has 1 amide bonds. The van der Waals surface area contributed by atoms with Crippen LogP contribution in [0, 0.1) is 0 Å². The number of amides is 1. The minimum absolute atomic E-state index is 0.00292. The van der Waals surface area contributed by atoms with Crippen LogP contribution in [0.3, 0.4) is 0 Å². The Labute approximate surface area is 138 Å². The summed E-state index contributed by atoms with van der Waals surface area (Å²) in [6.45, 7) is 0.744. The van der Waals surface area contributed by atoms with Crippen molar-refractivity contribution in [2.24, 2.45) is 0 Å². The van der Waals surface area contributed by atoms with E-state index in [1.165, 1.54) is 19.3 Å². The number of carbonyl (C=O) groups is 1. The summed E-state index contributed by atoms with van der Waals surface area (Å²) in [6.07, 6.45) is 9.55. The van der Waals surface area contributed by atoms with E-state index in [0.29, 0.717) is 5.69 Å². The molecule has 1 aromatic rings. The summed E-state index contributed by atoms with van der Waals surface area (Å²) in [5.41, 5.74) is 1.36. The highest BCUT2D eigenvalue weighted by atomic mass is 16.5. The Bertz CT molecular complexity index is 547. The van der Waals surface area contributed by atoms with Gasteiger partial charge < -0.3 is 15.0 Å². The highest BCUT2D eigenvalue weighted by Gasteiger charge is 2.39. The molecule has 1 aliphatic carbocycles. The van der Waals surface area contributed by atoms with E-state index >= 15 is 0 Å². The van der Waals surface area contributed by atoms with E-state index in [4.69, 9.17) is 4.74 Å². The summed E-state index contributed by atoms with van der Waals surface area (Å²) < 4.78 is 6.11.